The predicted octanol–water partition coefficient (Wildman–Crippen LogP) is 3.14. The smallest absolute Gasteiger partial charge is 0.145 e. The van der Waals surface area contributed by atoms with E-state index in [1.54, 1.807) is 0 Å². The summed E-state index contributed by atoms with van der Waals surface area (Å²) in [6, 6.07) is 4.11. The van der Waals surface area contributed by atoms with E-state index in [2.05, 4.69) is 49.2 Å². The number of halogens is 1. The average molecular weight is 340 g/mol. The molecule has 108 valence electrons. The van der Waals surface area contributed by atoms with Gasteiger partial charge in [-0.3, -0.25) is 0 Å². The number of hydrogen-bond donors (Lipinski definition) is 1. The molecule has 0 aliphatic rings. The van der Waals surface area contributed by atoms with Gasteiger partial charge in [-0.2, -0.15) is 0 Å². The molecule has 0 saturated carbocycles. The molecule has 0 unspecified atom stereocenters. The van der Waals surface area contributed by atoms with Crippen LogP contribution in [0.25, 0.3) is 0 Å². The van der Waals surface area contributed by atoms with E-state index in [0.717, 1.165) is 45.8 Å². The summed E-state index contributed by atoms with van der Waals surface area (Å²) in [5.41, 5.74) is 3.68. The van der Waals surface area contributed by atoms with Crippen molar-refractivity contribution in [3.8, 4) is 5.75 Å². The summed E-state index contributed by atoms with van der Waals surface area (Å²) in [5, 5.41) is 10.9. The number of hydrogen-bond acceptors (Lipinski definition) is 5. The fourth-order valence-electron chi connectivity index (χ4n) is 1.92. The maximum Gasteiger partial charge on any atom is 0.145 e. The number of aromatic nitrogens is 2. The standard InChI is InChI=1S/C14H18BrN3O2/c1-4-16-7-11-6-12(15)5-9(2)14(11)19-8-13-10(3)17-20-18-13/h5-6,16H,4,7-8H2,1-3H3. The Labute approximate surface area is 126 Å². The highest BCUT2D eigenvalue weighted by molar-refractivity contribution is 9.10. The second kappa shape index (κ2) is 6.85. The average Bonchev–Trinajstić information content (AvgIpc) is 2.80. The normalized spacial score (nSPS) is 10.8. The molecule has 6 heteroatoms. The van der Waals surface area contributed by atoms with Gasteiger partial charge in [0.15, 0.2) is 0 Å². The van der Waals surface area contributed by atoms with Gasteiger partial charge in [-0.15, -0.1) is 0 Å². The molecule has 2 aromatic rings. The van der Waals surface area contributed by atoms with Gasteiger partial charge in [0.05, 0.1) is 0 Å². The summed E-state index contributed by atoms with van der Waals surface area (Å²) < 4.78 is 11.7. The molecule has 5 nitrogen and oxygen atoms in total. The Bertz CT molecular complexity index is 584. The lowest BCUT2D eigenvalue weighted by atomic mass is 10.1. The minimum Gasteiger partial charge on any atom is -0.486 e. The van der Waals surface area contributed by atoms with E-state index in [1.165, 1.54) is 0 Å². The Morgan fingerprint density at radius 2 is 2.10 bits per heavy atom. The molecule has 0 bridgehead atoms. The maximum absolute atomic E-state index is 5.92. The predicted molar refractivity (Wildman–Crippen MR) is 79.6 cm³/mol. The summed E-state index contributed by atoms with van der Waals surface area (Å²) in [4.78, 5) is 0. The van der Waals surface area contributed by atoms with E-state index in [-0.39, 0.29) is 0 Å². The highest BCUT2D eigenvalue weighted by Crippen LogP contribution is 2.28. The Kier molecular flexibility index (Phi) is 5.14. The van der Waals surface area contributed by atoms with Crippen LogP contribution in [0.4, 0.5) is 0 Å². The van der Waals surface area contributed by atoms with E-state index in [0.29, 0.717) is 6.61 Å². The van der Waals surface area contributed by atoms with Crippen molar-refractivity contribution >= 4 is 15.9 Å². The molecular formula is C14H18BrN3O2. The molecule has 0 radical (unpaired) electrons. The SMILES string of the molecule is CCNCc1cc(Br)cc(C)c1OCc1nonc1C. The summed E-state index contributed by atoms with van der Waals surface area (Å²) in [5.74, 6) is 0.886. The van der Waals surface area contributed by atoms with Crippen molar-refractivity contribution in [2.75, 3.05) is 6.54 Å². The van der Waals surface area contributed by atoms with Crippen LogP contribution in [0.1, 0.15) is 29.4 Å². The van der Waals surface area contributed by atoms with E-state index < -0.39 is 0 Å². The van der Waals surface area contributed by atoms with Gasteiger partial charge in [-0.25, -0.2) is 4.63 Å². The molecule has 1 aromatic heterocycles. The Hall–Kier alpha value is -1.40. The number of aryl methyl sites for hydroxylation is 2. The first kappa shape index (κ1) is 15.0. The molecule has 0 aliphatic heterocycles. The van der Waals surface area contributed by atoms with Gasteiger partial charge in [0.1, 0.15) is 23.7 Å². The molecule has 0 amide bonds. The Morgan fingerprint density at radius 3 is 2.75 bits per heavy atom. The van der Waals surface area contributed by atoms with Crippen LogP contribution in [-0.2, 0) is 13.2 Å². The molecule has 0 spiro atoms. The third-order valence-electron chi connectivity index (χ3n) is 2.98. The van der Waals surface area contributed by atoms with Crippen LogP contribution in [0.2, 0.25) is 0 Å². The van der Waals surface area contributed by atoms with Crippen molar-refractivity contribution in [2.24, 2.45) is 0 Å². The summed E-state index contributed by atoms with van der Waals surface area (Å²) in [7, 11) is 0. The quantitative estimate of drug-likeness (QED) is 0.875. The van der Waals surface area contributed by atoms with Crippen LogP contribution in [0.15, 0.2) is 21.2 Å². The lowest BCUT2D eigenvalue weighted by Gasteiger charge is -2.14. The third-order valence-corrected chi connectivity index (χ3v) is 3.44. The van der Waals surface area contributed by atoms with Crippen LogP contribution in [-0.4, -0.2) is 16.9 Å². The summed E-state index contributed by atoms with van der Waals surface area (Å²) >= 11 is 3.52. The zero-order chi connectivity index (χ0) is 14.5. The molecule has 0 aliphatic carbocycles. The van der Waals surface area contributed by atoms with Crippen LogP contribution in [0.3, 0.4) is 0 Å². The molecule has 2 rings (SSSR count). The number of nitrogens with zero attached hydrogens (tertiary/aromatic N) is 2. The largest absolute Gasteiger partial charge is 0.486 e. The van der Waals surface area contributed by atoms with Crippen LogP contribution in [0, 0.1) is 13.8 Å². The summed E-state index contributed by atoms with van der Waals surface area (Å²) in [6.45, 7) is 8.00. The van der Waals surface area contributed by atoms with Gasteiger partial charge >= 0.3 is 0 Å². The first-order chi connectivity index (χ1) is 9.61. The van der Waals surface area contributed by atoms with Crippen molar-refractivity contribution < 1.29 is 9.37 Å². The molecular weight excluding hydrogens is 322 g/mol. The lowest BCUT2D eigenvalue weighted by molar-refractivity contribution is 0.267. The molecule has 0 atom stereocenters. The van der Waals surface area contributed by atoms with Gasteiger partial charge < -0.3 is 10.1 Å². The van der Waals surface area contributed by atoms with Crippen LogP contribution >= 0.6 is 15.9 Å². The van der Waals surface area contributed by atoms with Gasteiger partial charge in [0, 0.05) is 16.6 Å². The molecule has 1 aromatic carbocycles. The molecule has 1 heterocycles. The van der Waals surface area contributed by atoms with Crippen LogP contribution < -0.4 is 10.1 Å². The van der Waals surface area contributed by atoms with E-state index in [4.69, 9.17) is 4.74 Å². The molecule has 1 N–H and O–H groups in total. The van der Waals surface area contributed by atoms with E-state index in [9.17, 15) is 0 Å². The Morgan fingerprint density at radius 1 is 1.30 bits per heavy atom. The van der Waals surface area contributed by atoms with Gasteiger partial charge in [-0.05, 0) is 38.1 Å². The minimum absolute atomic E-state index is 0.358. The zero-order valence-corrected chi connectivity index (χ0v) is 13.5. The molecule has 20 heavy (non-hydrogen) atoms. The van der Waals surface area contributed by atoms with Crippen molar-refractivity contribution in [3.05, 3.63) is 39.1 Å². The number of rotatable bonds is 6. The summed E-state index contributed by atoms with van der Waals surface area (Å²) in [6.07, 6.45) is 0. The molecule has 0 fully saturated rings. The fourth-order valence-corrected chi connectivity index (χ4v) is 2.54. The maximum atomic E-state index is 5.92. The monoisotopic (exact) mass is 339 g/mol. The van der Waals surface area contributed by atoms with E-state index >= 15 is 0 Å². The zero-order valence-electron chi connectivity index (χ0n) is 11.9. The number of ether oxygens (including phenoxy) is 1. The van der Waals surface area contributed by atoms with Crippen molar-refractivity contribution in [3.63, 3.8) is 0 Å². The molecule has 0 saturated heterocycles. The van der Waals surface area contributed by atoms with Crippen molar-refractivity contribution in [1.82, 2.24) is 15.6 Å². The lowest BCUT2D eigenvalue weighted by Crippen LogP contribution is -2.13. The van der Waals surface area contributed by atoms with Crippen molar-refractivity contribution in [1.29, 1.82) is 0 Å². The van der Waals surface area contributed by atoms with E-state index in [1.807, 2.05) is 19.9 Å². The first-order valence-corrected chi connectivity index (χ1v) is 7.31. The van der Waals surface area contributed by atoms with Crippen LogP contribution in [0.5, 0.6) is 5.75 Å². The third kappa shape index (κ3) is 3.58. The topological polar surface area (TPSA) is 60.2 Å². The Balaban J connectivity index is 2.18. The second-order valence-electron chi connectivity index (χ2n) is 4.58. The van der Waals surface area contributed by atoms with Gasteiger partial charge in [0.25, 0.3) is 0 Å². The second-order valence-corrected chi connectivity index (χ2v) is 5.49. The number of nitrogens with one attached hydrogen (secondary N) is 1. The first-order valence-electron chi connectivity index (χ1n) is 6.52. The van der Waals surface area contributed by atoms with Crippen molar-refractivity contribution in [2.45, 2.75) is 33.9 Å². The van der Waals surface area contributed by atoms with Gasteiger partial charge in [0.2, 0.25) is 0 Å². The van der Waals surface area contributed by atoms with Gasteiger partial charge in [-0.1, -0.05) is 33.2 Å². The fraction of sp³-hybridized carbons (Fsp3) is 0.429. The highest BCUT2D eigenvalue weighted by Gasteiger charge is 2.12. The minimum atomic E-state index is 0.358. The number of benzene rings is 1. The highest BCUT2D eigenvalue weighted by atomic mass is 79.9.